The largest absolute Gasteiger partial charge is 0.506 e. The minimum atomic E-state index is -0.856. The number of phenolic OH excluding ortho intramolecular Hbond substituents is 1. The molecule has 3 aromatic rings. The van der Waals surface area contributed by atoms with E-state index < -0.39 is 11.8 Å². The molecule has 0 aliphatic rings. The molecule has 5 nitrogen and oxygen atoms in total. The molecule has 0 saturated heterocycles. The molecule has 0 aliphatic heterocycles. The third kappa shape index (κ3) is 4.43. The van der Waals surface area contributed by atoms with E-state index in [9.17, 15) is 14.7 Å². The van der Waals surface area contributed by atoms with E-state index in [-0.39, 0.29) is 11.4 Å². The zero-order valence-electron chi connectivity index (χ0n) is 13.7. The molecule has 26 heavy (non-hydrogen) atoms. The van der Waals surface area contributed by atoms with Gasteiger partial charge in [-0.25, -0.2) is 0 Å². The lowest BCUT2D eigenvalue weighted by Crippen LogP contribution is -2.29. The van der Waals surface area contributed by atoms with Gasteiger partial charge < -0.3 is 15.7 Å². The molecule has 0 aromatic heterocycles. The van der Waals surface area contributed by atoms with Crippen LogP contribution in [0.1, 0.15) is 0 Å². The number of carbonyl (C=O) groups is 2. The quantitative estimate of drug-likeness (QED) is 0.481. The Morgan fingerprint density at radius 3 is 1.92 bits per heavy atom. The van der Waals surface area contributed by atoms with Crippen LogP contribution in [0, 0.1) is 0 Å². The maximum Gasteiger partial charge on any atom is 0.314 e. The van der Waals surface area contributed by atoms with E-state index in [2.05, 4.69) is 10.6 Å². The lowest BCUT2D eigenvalue weighted by Gasteiger charge is -2.11. The first-order valence-corrected chi connectivity index (χ1v) is 8.67. The van der Waals surface area contributed by atoms with E-state index in [0.717, 1.165) is 9.79 Å². The van der Waals surface area contributed by atoms with Gasteiger partial charge in [-0.3, -0.25) is 9.59 Å². The van der Waals surface area contributed by atoms with Crippen LogP contribution in [-0.4, -0.2) is 16.9 Å². The number of rotatable bonds is 4. The zero-order valence-corrected chi connectivity index (χ0v) is 14.5. The van der Waals surface area contributed by atoms with Crippen molar-refractivity contribution in [2.75, 3.05) is 10.6 Å². The SMILES string of the molecule is O=C(Nc1ccccc1O)C(=O)Nc1ccccc1Sc1ccccc1. The van der Waals surface area contributed by atoms with Crippen molar-refractivity contribution in [3.63, 3.8) is 0 Å². The van der Waals surface area contributed by atoms with Gasteiger partial charge in [0.15, 0.2) is 0 Å². The Bertz CT molecular complexity index is 929. The molecule has 0 aliphatic carbocycles. The highest BCUT2D eigenvalue weighted by Crippen LogP contribution is 2.33. The molecule has 0 saturated carbocycles. The lowest BCUT2D eigenvalue weighted by atomic mass is 10.3. The summed E-state index contributed by atoms with van der Waals surface area (Å²) >= 11 is 1.49. The van der Waals surface area contributed by atoms with Crippen molar-refractivity contribution >= 4 is 35.0 Å². The van der Waals surface area contributed by atoms with Crippen molar-refractivity contribution in [1.29, 1.82) is 0 Å². The van der Waals surface area contributed by atoms with E-state index in [1.807, 2.05) is 42.5 Å². The van der Waals surface area contributed by atoms with E-state index in [0.29, 0.717) is 5.69 Å². The molecule has 3 rings (SSSR count). The van der Waals surface area contributed by atoms with Gasteiger partial charge in [0, 0.05) is 9.79 Å². The Morgan fingerprint density at radius 1 is 0.692 bits per heavy atom. The molecular weight excluding hydrogens is 348 g/mol. The van der Waals surface area contributed by atoms with Crippen LogP contribution in [0.2, 0.25) is 0 Å². The van der Waals surface area contributed by atoms with Crippen molar-refractivity contribution in [3.05, 3.63) is 78.9 Å². The van der Waals surface area contributed by atoms with Gasteiger partial charge in [-0.05, 0) is 36.4 Å². The predicted octanol–water partition coefficient (Wildman–Crippen LogP) is 4.12. The van der Waals surface area contributed by atoms with Gasteiger partial charge in [0.25, 0.3) is 0 Å². The van der Waals surface area contributed by atoms with Crippen LogP contribution < -0.4 is 10.6 Å². The van der Waals surface area contributed by atoms with Gasteiger partial charge in [0.1, 0.15) is 5.75 Å². The van der Waals surface area contributed by atoms with Gasteiger partial charge in [-0.2, -0.15) is 0 Å². The standard InChI is InChI=1S/C20H16N2O3S/c23-17-12-6-4-10-15(17)21-19(24)20(25)22-16-11-5-7-13-18(16)26-14-8-2-1-3-9-14/h1-13,23H,(H,21,24)(H,22,25). The van der Waals surface area contributed by atoms with Crippen LogP contribution in [0.25, 0.3) is 0 Å². The average Bonchev–Trinajstić information content (AvgIpc) is 2.66. The highest BCUT2D eigenvalue weighted by molar-refractivity contribution is 7.99. The normalized spacial score (nSPS) is 10.2. The fraction of sp³-hybridized carbons (Fsp3) is 0. The maximum atomic E-state index is 12.2. The fourth-order valence-corrected chi connectivity index (χ4v) is 3.13. The van der Waals surface area contributed by atoms with Crippen molar-refractivity contribution in [2.45, 2.75) is 9.79 Å². The number of hydrogen-bond donors (Lipinski definition) is 3. The van der Waals surface area contributed by atoms with E-state index in [1.165, 1.54) is 23.9 Å². The summed E-state index contributed by atoms with van der Waals surface area (Å²) in [7, 11) is 0. The van der Waals surface area contributed by atoms with Gasteiger partial charge in [-0.1, -0.05) is 54.2 Å². The fourth-order valence-electron chi connectivity index (χ4n) is 2.21. The number of para-hydroxylation sites is 3. The second-order valence-electron chi connectivity index (χ2n) is 5.34. The molecule has 130 valence electrons. The topological polar surface area (TPSA) is 78.4 Å². The zero-order chi connectivity index (χ0) is 18.4. The molecule has 0 bridgehead atoms. The van der Waals surface area contributed by atoms with Crippen LogP contribution in [0.15, 0.2) is 88.7 Å². The van der Waals surface area contributed by atoms with Gasteiger partial charge in [0.2, 0.25) is 0 Å². The third-order valence-electron chi connectivity index (χ3n) is 3.46. The second-order valence-corrected chi connectivity index (χ2v) is 6.45. The Morgan fingerprint density at radius 2 is 1.23 bits per heavy atom. The number of amides is 2. The molecule has 0 radical (unpaired) electrons. The highest BCUT2D eigenvalue weighted by Gasteiger charge is 2.17. The monoisotopic (exact) mass is 364 g/mol. The molecule has 2 amide bonds. The summed E-state index contributed by atoms with van der Waals surface area (Å²) in [5, 5.41) is 14.7. The summed E-state index contributed by atoms with van der Waals surface area (Å²) < 4.78 is 0. The number of anilines is 2. The van der Waals surface area contributed by atoms with Crippen molar-refractivity contribution < 1.29 is 14.7 Å². The summed E-state index contributed by atoms with van der Waals surface area (Å²) in [6.07, 6.45) is 0. The minimum Gasteiger partial charge on any atom is -0.506 e. The van der Waals surface area contributed by atoms with E-state index in [1.54, 1.807) is 24.3 Å². The first kappa shape index (κ1) is 17.6. The number of aromatic hydroxyl groups is 1. The first-order chi connectivity index (χ1) is 12.6. The molecule has 3 aromatic carbocycles. The van der Waals surface area contributed by atoms with E-state index >= 15 is 0 Å². The molecule has 0 atom stereocenters. The first-order valence-electron chi connectivity index (χ1n) is 7.86. The van der Waals surface area contributed by atoms with Crippen molar-refractivity contribution in [1.82, 2.24) is 0 Å². The van der Waals surface area contributed by atoms with Crippen LogP contribution in [0.3, 0.4) is 0 Å². The summed E-state index contributed by atoms with van der Waals surface area (Å²) in [6.45, 7) is 0. The Kier molecular flexibility index (Phi) is 5.56. The maximum absolute atomic E-state index is 12.2. The van der Waals surface area contributed by atoms with Gasteiger partial charge in [0.05, 0.1) is 11.4 Å². The second kappa shape index (κ2) is 8.22. The predicted molar refractivity (Wildman–Crippen MR) is 102 cm³/mol. The number of benzene rings is 3. The molecule has 0 spiro atoms. The summed E-state index contributed by atoms with van der Waals surface area (Å²) in [5.74, 6) is -1.77. The molecular formula is C20H16N2O3S. The minimum absolute atomic E-state index is 0.103. The Labute approximate surface area is 155 Å². The number of carbonyl (C=O) groups excluding carboxylic acids is 2. The smallest absolute Gasteiger partial charge is 0.314 e. The van der Waals surface area contributed by atoms with Crippen LogP contribution in [0.5, 0.6) is 5.75 Å². The Balaban J connectivity index is 1.71. The van der Waals surface area contributed by atoms with Crippen molar-refractivity contribution in [2.24, 2.45) is 0 Å². The average molecular weight is 364 g/mol. The van der Waals surface area contributed by atoms with Gasteiger partial charge >= 0.3 is 11.8 Å². The van der Waals surface area contributed by atoms with Crippen LogP contribution in [0.4, 0.5) is 11.4 Å². The summed E-state index contributed by atoms with van der Waals surface area (Å²) in [6, 6.07) is 23.2. The van der Waals surface area contributed by atoms with E-state index in [4.69, 9.17) is 0 Å². The number of phenols is 1. The summed E-state index contributed by atoms with van der Waals surface area (Å²) in [5.41, 5.74) is 0.721. The highest BCUT2D eigenvalue weighted by atomic mass is 32.2. The molecule has 6 heteroatoms. The molecule has 0 unspecified atom stereocenters. The van der Waals surface area contributed by atoms with Crippen LogP contribution >= 0.6 is 11.8 Å². The third-order valence-corrected chi connectivity index (χ3v) is 4.55. The number of nitrogens with one attached hydrogen (secondary N) is 2. The molecule has 0 heterocycles. The number of hydrogen-bond acceptors (Lipinski definition) is 4. The lowest BCUT2D eigenvalue weighted by molar-refractivity contribution is -0.133. The Hall–Kier alpha value is -3.25. The van der Waals surface area contributed by atoms with Crippen LogP contribution in [-0.2, 0) is 9.59 Å². The van der Waals surface area contributed by atoms with Crippen molar-refractivity contribution in [3.8, 4) is 5.75 Å². The molecule has 3 N–H and O–H groups in total. The molecule has 0 fully saturated rings. The van der Waals surface area contributed by atoms with Gasteiger partial charge in [-0.15, -0.1) is 0 Å². The summed E-state index contributed by atoms with van der Waals surface area (Å²) in [4.78, 5) is 26.2.